The number of hydrogen-bond acceptors (Lipinski definition) is 3. The summed E-state index contributed by atoms with van der Waals surface area (Å²) in [5.41, 5.74) is 8.43. The van der Waals surface area contributed by atoms with Gasteiger partial charge in [0.2, 0.25) is 5.91 Å². The van der Waals surface area contributed by atoms with E-state index in [2.05, 4.69) is 41.5 Å². The molecule has 1 aliphatic rings. The molecule has 4 heteroatoms. The Labute approximate surface area is 164 Å². The van der Waals surface area contributed by atoms with Gasteiger partial charge in [0.15, 0.2) is 5.13 Å². The largest absolute Gasteiger partial charge is 0.302 e. The number of benzene rings is 2. The van der Waals surface area contributed by atoms with Crippen molar-refractivity contribution in [2.75, 3.05) is 5.32 Å². The second-order valence-electron chi connectivity index (χ2n) is 7.38. The van der Waals surface area contributed by atoms with E-state index < -0.39 is 0 Å². The topological polar surface area (TPSA) is 42.0 Å². The summed E-state index contributed by atoms with van der Waals surface area (Å²) in [7, 11) is 0. The highest BCUT2D eigenvalue weighted by molar-refractivity contribution is 7.14. The SMILES string of the molecule is Cc1ccc(CC(=O)Nc2nc(-c3ccc4c(c3)CCCC4)cs2)c(C)c1. The average molecular weight is 377 g/mol. The van der Waals surface area contributed by atoms with Gasteiger partial charge in [0.05, 0.1) is 12.1 Å². The summed E-state index contributed by atoms with van der Waals surface area (Å²) in [6, 6.07) is 12.9. The van der Waals surface area contributed by atoms with Crippen molar-refractivity contribution in [1.82, 2.24) is 4.98 Å². The Balaban J connectivity index is 1.45. The lowest BCUT2D eigenvalue weighted by atomic mass is 9.90. The molecule has 3 aromatic rings. The smallest absolute Gasteiger partial charge is 0.230 e. The number of carbonyl (C=O) groups excluding carboxylic acids is 1. The molecule has 0 bridgehead atoms. The third-order valence-electron chi connectivity index (χ3n) is 5.24. The number of carbonyl (C=O) groups is 1. The molecule has 0 saturated heterocycles. The van der Waals surface area contributed by atoms with E-state index in [9.17, 15) is 4.79 Å². The minimum atomic E-state index is -0.0201. The molecule has 0 atom stereocenters. The highest BCUT2D eigenvalue weighted by atomic mass is 32.1. The molecule has 4 rings (SSSR count). The monoisotopic (exact) mass is 376 g/mol. The normalized spacial score (nSPS) is 13.3. The third-order valence-corrected chi connectivity index (χ3v) is 6.00. The van der Waals surface area contributed by atoms with Crippen molar-refractivity contribution in [3.63, 3.8) is 0 Å². The highest BCUT2D eigenvalue weighted by Gasteiger charge is 2.13. The van der Waals surface area contributed by atoms with Crippen LogP contribution in [0.4, 0.5) is 5.13 Å². The summed E-state index contributed by atoms with van der Waals surface area (Å²) >= 11 is 1.48. The van der Waals surface area contributed by atoms with Crippen LogP contribution in [0.15, 0.2) is 41.8 Å². The van der Waals surface area contributed by atoms with Gasteiger partial charge in [0.1, 0.15) is 0 Å². The maximum Gasteiger partial charge on any atom is 0.230 e. The van der Waals surface area contributed by atoms with Crippen LogP contribution in [-0.2, 0) is 24.1 Å². The Hall–Kier alpha value is -2.46. The number of amides is 1. The van der Waals surface area contributed by atoms with Gasteiger partial charge >= 0.3 is 0 Å². The first-order valence-electron chi connectivity index (χ1n) is 9.52. The molecule has 3 nitrogen and oxygen atoms in total. The van der Waals surface area contributed by atoms with Gasteiger partial charge in [-0.05, 0) is 67.9 Å². The van der Waals surface area contributed by atoms with E-state index in [0.717, 1.165) is 28.8 Å². The molecular formula is C23H24N2OS. The first kappa shape index (κ1) is 17.9. The van der Waals surface area contributed by atoms with Crippen LogP contribution in [0.3, 0.4) is 0 Å². The lowest BCUT2D eigenvalue weighted by molar-refractivity contribution is -0.115. The van der Waals surface area contributed by atoms with Crippen molar-refractivity contribution in [2.45, 2.75) is 46.0 Å². The fraction of sp³-hybridized carbons (Fsp3) is 0.304. The molecule has 0 radical (unpaired) electrons. The molecule has 1 N–H and O–H groups in total. The lowest BCUT2D eigenvalue weighted by Gasteiger charge is -2.16. The zero-order valence-corrected chi connectivity index (χ0v) is 16.7. The van der Waals surface area contributed by atoms with Gasteiger partial charge in [-0.3, -0.25) is 4.79 Å². The Morgan fingerprint density at radius 1 is 1.07 bits per heavy atom. The minimum Gasteiger partial charge on any atom is -0.302 e. The van der Waals surface area contributed by atoms with Crippen molar-refractivity contribution in [3.05, 3.63) is 69.6 Å². The van der Waals surface area contributed by atoms with Gasteiger partial charge in [0.25, 0.3) is 0 Å². The Bertz CT molecular complexity index is 990. The molecular weight excluding hydrogens is 352 g/mol. The van der Waals surface area contributed by atoms with Gasteiger partial charge in [-0.15, -0.1) is 11.3 Å². The number of aromatic nitrogens is 1. The predicted molar refractivity (Wildman–Crippen MR) is 112 cm³/mol. The fourth-order valence-electron chi connectivity index (χ4n) is 3.74. The predicted octanol–water partition coefficient (Wildman–Crippen LogP) is 5.49. The van der Waals surface area contributed by atoms with Crippen LogP contribution >= 0.6 is 11.3 Å². The van der Waals surface area contributed by atoms with E-state index in [1.807, 2.05) is 24.4 Å². The van der Waals surface area contributed by atoms with Crippen LogP contribution in [0, 0.1) is 13.8 Å². The molecule has 1 aliphatic carbocycles. The molecule has 0 saturated carbocycles. The molecule has 1 amide bonds. The van der Waals surface area contributed by atoms with Gasteiger partial charge in [0, 0.05) is 10.9 Å². The summed E-state index contributed by atoms with van der Waals surface area (Å²) in [6.45, 7) is 4.11. The Morgan fingerprint density at radius 3 is 2.70 bits per heavy atom. The zero-order valence-electron chi connectivity index (χ0n) is 15.8. The number of nitrogens with zero attached hydrogens (tertiary/aromatic N) is 1. The molecule has 138 valence electrons. The zero-order chi connectivity index (χ0) is 18.8. The molecule has 0 fully saturated rings. The van der Waals surface area contributed by atoms with Crippen LogP contribution in [0.1, 0.15) is 40.7 Å². The maximum absolute atomic E-state index is 12.4. The van der Waals surface area contributed by atoms with Crippen LogP contribution in [0.5, 0.6) is 0 Å². The van der Waals surface area contributed by atoms with Crippen molar-refractivity contribution in [1.29, 1.82) is 0 Å². The molecule has 1 aromatic heterocycles. The minimum absolute atomic E-state index is 0.0201. The van der Waals surface area contributed by atoms with Crippen molar-refractivity contribution < 1.29 is 4.79 Å². The first-order chi connectivity index (χ1) is 13.1. The number of hydrogen-bond donors (Lipinski definition) is 1. The summed E-state index contributed by atoms with van der Waals surface area (Å²) in [5, 5.41) is 5.64. The van der Waals surface area contributed by atoms with Gasteiger partial charge < -0.3 is 5.32 Å². The van der Waals surface area contributed by atoms with Crippen LogP contribution in [0.2, 0.25) is 0 Å². The lowest BCUT2D eigenvalue weighted by Crippen LogP contribution is -2.14. The number of aryl methyl sites for hydroxylation is 4. The van der Waals surface area contributed by atoms with E-state index in [4.69, 9.17) is 0 Å². The molecule has 2 aromatic carbocycles. The molecule has 1 heterocycles. The second kappa shape index (κ2) is 7.65. The first-order valence-corrected chi connectivity index (χ1v) is 10.4. The van der Waals surface area contributed by atoms with E-state index in [1.165, 1.54) is 47.3 Å². The van der Waals surface area contributed by atoms with E-state index in [0.29, 0.717) is 11.6 Å². The molecule has 0 spiro atoms. The summed E-state index contributed by atoms with van der Waals surface area (Å²) < 4.78 is 0. The third kappa shape index (κ3) is 4.11. The summed E-state index contributed by atoms with van der Waals surface area (Å²) in [5.74, 6) is -0.0201. The summed E-state index contributed by atoms with van der Waals surface area (Å²) in [6.07, 6.45) is 5.28. The fourth-order valence-corrected chi connectivity index (χ4v) is 4.47. The molecule has 0 aliphatic heterocycles. The van der Waals surface area contributed by atoms with E-state index in [-0.39, 0.29) is 5.91 Å². The Morgan fingerprint density at radius 2 is 1.89 bits per heavy atom. The number of fused-ring (bicyclic) bond motifs is 1. The highest BCUT2D eigenvalue weighted by Crippen LogP contribution is 2.29. The van der Waals surface area contributed by atoms with Gasteiger partial charge in [-0.2, -0.15) is 0 Å². The average Bonchev–Trinajstić information content (AvgIpc) is 3.12. The summed E-state index contributed by atoms with van der Waals surface area (Å²) in [4.78, 5) is 17.0. The van der Waals surface area contributed by atoms with Crippen molar-refractivity contribution in [3.8, 4) is 11.3 Å². The number of anilines is 1. The molecule has 27 heavy (non-hydrogen) atoms. The molecule has 0 unspecified atom stereocenters. The van der Waals surface area contributed by atoms with Crippen molar-refractivity contribution >= 4 is 22.4 Å². The quantitative estimate of drug-likeness (QED) is 0.654. The number of thiazole rings is 1. The maximum atomic E-state index is 12.4. The van der Waals surface area contributed by atoms with Crippen LogP contribution < -0.4 is 5.32 Å². The Kier molecular flexibility index (Phi) is 5.08. The van der Waals surface area contributed by atoms with E-state index >= 15 is 0 Å². The number of nitrogens with one attached hydrogen (secondary N) is 1. The van der Waals surface area contributed by atoms with Crippen LogP contribution in [0.25, 0.3) is 11.3 Å². The van der Waals surface area contributed by atoms with E-state index in [1.54, 1.807) is 0 Å². The number of rotatable bonds is 4. The van der Waals surface area contributed by atoms with Gasteiger partial charge in [-0.25, -0.2) is 4.98 Å². The second-order valence-corrected chi connectivity index (χ2v) is 8.24. The van der Waals surface area contributed by atoms with Crippen molar-refractivity contribution in [2.24, 2.45) is 0 Å². The standard InChI is InChI=1S/C23H24N2OS/c1-15-7-8-18(16(2)11-15)13-22(26)25-23-24-21(14-27-23)20-10-9-17-5-3-4-6-19(17)12-20/h7-12,14H,3-6,13H2,1-2H3,(H,24,25,26). The van der Waals surface area contributed by atoms with Crippen LogP contribution in [-0.4, -0.2) is 10.9 Å². The van der Waals surface area contributed by atoms with Gasteiger partial charge in [-0.1, -0.05) is 35.9 Å².